The minimum absolute atomic E-state index is 0.253. The molecule has 42 heavy (non-hydrogen) atoms. The average Bonchev–Trinajstić information content (AvgIpc) is 3.01. The van der Waals surface area contributed by atoms with Crippen molar-refractivity contribution in [3.05, 3.63) is 108 Å². The highest BCUT2D eigenvalue weighted by Gasteiger charge is 2.24. The Hall–Kier alpha value is -4.96. The van der Waals surface area contributed by atoms with Crippen molar-refractivity contribution in [2.75, 3.05) is 18.2 Å². The molecule has 212 valence electrons. The zero-order valence-electron chi connectivity index (χ0n) is 23.4. The third-order valence-electron chi connectivity index (χ3n) is 6.56. The Morgan fingerprint density at radius 2 is 1.69 bits per heavy atom. The molecule has 2 heterocycles. The molecule has 4 N–H and O–H groups in total. The van der Waals surface area contributed by atoms with E-state index in [9.17, 15) is 9.59 Å². The molecule has 1 amide bonds. The van der Waals surface area contributed by atoms with Crippen LogP contribution in [0.1, 0.15) is 47.4 Å². The van der Waals surface area contributed by atoms with Crippen LogP contribution in [0.25, 0.3) is 11.0 Å². The molecule has 10 heteroatoms. The lowest BCUT2D eigenvalue weighted by Crippen LogP contribution is -2.34. The van der Waals surface area contributed by atoms with Crippen LogP contribution in [0.5, 0.6) is 0 Å². The second-order valence-corrected chi connectivity index (χ2v) is 10.9. The normalized spacial score (nSPS) is 11.7. The maximum Gasteiger partial charge on any atom is 0.333 e. The first-order valence-corrected chi connectivity index (χ1v) is 14.1. The largest absolute Gasteiger partial charge is 0.467 e. The van der Waals surface area contributed by atoms with Crippen LogP contribution in [-0.4, -0.2) is 33.9 Å². The highest BCUT2D eigenvalue weighted by molar-refractivity contribution is 7.99. The SMILES string of the molecule is COC(=O)[C@H](NC(=O)c1ccc(Sc2ccc(N)cc2)c(Nc2ncnc3nc(C(C)C)ccc23)c1)c1ccccc1. The van der Waals surface area contributed by atoms with Gasteiger partial charge >= 0.3 is 5.97 Å². The summed E-state index contributed by atoms with van der Waals surface area (Å²) in [4.78, 5) is 41.4. The predicted molar refractivity (Wildman–Crippen MR) is 165 cm³/mol. The molecule has 2 aromatic heterocycles. The Balaban J connectivity index is 1.51. The molecule has 0 unspecified atom stereocenters. The number of rotatable bonds is 9. The summed E-state index contributed by atoms with van der Waals surface area (Å²) in [6.07, 6.45) is 1.46. The van der Waals surface area contributed by atoms with E-state index in [4.69, 9.17) is 15.5 Å². The van der Waals surface area contributed by atoms with Crippen molar-refractivity contribution in [3.8, 4) is 0 Å². The minimum atomic E-state index is -0.962. The van der Waals surface area contributed by atoms with Crippen molar-refractivity contribution in [2.45, 2.75) is 35.6 Å². The average molecular weight is 579 g/mol. The molecule has 0 aliphatic heterocycles. The van der Waals surface area contributed by atoms with E-state index in [-0.39, 0.29) is 5.92 Å². The number of hydrogen-bond donors (Lipinski definition) is 3. The van der Waals surface area contributed by atoms with Crippen LogP contribution in [0.3, 0.4) is 0 Å². The summed E-state index contributed by atoms with van der Waals surface area (Å²) < 4.78 is 4.97. The number of nitrogen functional groups attached to an aromatic ring is 1. The number of carbonyl (C=O) groups excluding carboxylic acids is 2. The van der Waals surface area contributed by atoms with Crippen molar-refractivity contribution in [3.63, 3.8) is 0 Å². The number of anilines is 3. The number of hydrogen-bond acceptors (Lipinski definition) is 9. The van der Waals surface area contributed by atoms with E-state index >= 15 is 0 Å². The Labute approximate surface area is 247 Å². The first kappa shape index (κ1) is 28.6. The summed E-state index contributed by atoms with van der Waals surface area (Å²) in [6, 6.07) is 24.8. The quantitative estimate of drug-likeness (QED) is 0.137. The molecule has 0 spiro atoms. The molecule has 5 aromatic rings. The van der Waals surface area contributed by atoms with Gasteiger partial charge in [-0.3, -0.25) is 4.79 Å². The van der Waals surface area contributed by atoms with Gasteiger partial charge in [0.25, 0.3) is 5.91 Å². The Morgan fingerprint density at radius 3 is 2.40 bits per heavy atom. The van der Waals surface area contributed by atoms with Gasteiger partial charge in [-0.2, -0.15) is 0 Å². The molecule has 0 saturated carbocycles. The van der Waals surface area contributed by atoms with E-state index in [1.807, 2.05) is 48.5 Å². The van der Waals surface area contributed by atoms with Crippen molar-refractivity contribution >= 4 is 51.9 Å². The van der Waals surface area contributed by atoms with Crippen LogP contribution in [0.2, 0.25) is 0 Å². The number of ether oxygens (including phenoxy) is 1. The predicted octanol–water partition coefficient (Wildman–Crippen LogP) is 6.27. The first-order chi connectivity index (χ1) is 20.3. The molecule has 0 aliphatic carbocycles. The van der Waals surface area contributed by atoms with Crippen LogP contribution >= 0.6 is 11.8 Å². The monoisotopic (exact) mass is 578 g/mol. The van der Waals surface area contributed by atoms with Gasteiger partial charge in [-0.1, -0.05) is 55.9 Å². The lowest BCUT2D eigenvalue weighted by atomic mass is 10.1. The van der Waals surface area contributed by atoms with Crippen molar-refractivity contribution in [2.24, 2.45) is 0 Å². The highest BCUT2D eigenvalue weighted by Crippen LogP contribution is 2.37. The molecule has 0 aliphatic rings. The highest BCUT2D eigenvalue weighted by atomic mass is 32.2. The molecule has 0 saturated heterocycles. The van der Waals surface area contributed by atoms with Crippen LogP contribution in [-0.2, 0) is 9.53 Å². The summed E-state index contributed by atoms with van der Waals surface area (Å²) in [6.45, 7) is 4.16. The number of aromatic nitrogens is 3. The van der Waals surface area contributed by atoms with E-state index in [1.165, 1.54) is 25.2 Å². The molecule has 0 bridgehead atoms. The number of fused-ring (bicyclic) bond motifs is 1. The van der Waals surface area contributed by atoms with Crippen LogP contribution in [0.4, 0.5) is 17.2 Å². The second-order valence-electron chi connectivity index (χ2n) is 9.83. The summed E-state index contributed by atoms with van der Waals surface area (Å²) >= 11 is 1.51. The maximum atomic E-state index is 13.5. The Morgan fingerprint density at radius 1 is 0.929 bits per heavy atom. The van der Waals surface area contributed by atoms with Gasteiger partial charge in [-0.15, -0.1) is 0 Å². The molecule has 5 rings (SSSR count). The van der Waals surface area contributed by atoms with Gasteiger partial charge in [0.15, 0.2) is 11.7 Å². The summed E-state index contributed by atoms with van der Waals surface area (Å²) in [7, 11) is 1.29. The first-order valence-electron chi connectivity index (χ1n) is 13.3. The van der Waals surface area contributed by atoms with Crippen LogP contribution in [0, 0.1) is 0 Å². The van der Waals surface area contributed by atoms with E-state index in [0.717, 1.165) is 20.9 Å². The fraction of sp³-hybridized carbons (Fsp3) is 0.156. The van der Waals surface area contributed by atoms with Crippen molar-refractivity contribution in [1.82, 2.24) is 20.3 Å². The molecular weight excluding hydrogens is 548 g/mol. The molecule has 3 aromatic carbocycles. The number of esters is 1. The molecule has 0 fully saturated rings. The van der Waals surface area contributed by atoms with Gasteiger partial charge in [0.05, 0.1) is 18.2 Å². The smallest absolute Gasteiger partial charge is 0.333 e. The Kier molecular flexibility index (Phi) is 8.63. The number of nitrogens with zero attached hydrogens (tertiary/aromatic N) is 3. The zero-order valence-corrected chi connectivity index (χ0v) is 24.2. The van der Waals surface area contributed by atoms with E-state index in [0.29, 0.717) is 34.0 Å². The molecule has 9 nitrogen and oxygen atoms in total. The third-order valence-corrected chi connectivity index (χ3v) is 7.64. The number of nitrogens with two attached hydrogens (primary N) is 1. The molecular formula is C32H30N6O3S. The molecule has 0 radical (unpaired) electrons. The zero-order chi connectivity index (χ0) is 29.6. The van der Waals surface area contributed by atoms with Crippen LogP contribution < -0.4 is 16.4 Å². The van der Waals surface area contributed by atoms with E-state index < -0.39 is 17.9 Å². The second kappa shape index (κ2) is 12.7. The number of nitrogens with one attached hydrogen (secondary N) is 2. The van der Waals surface area contributed by atoms with Gasteiger partial charge in [0.1, 0.15) is 12.1 Å². The van der Waals surface area contributed by atoms with Gasteiger partial charge in [0, 0.05) is 26.7 Å². The van der Waals surface area contributed by atoms with Gasteiger partial charge < -0.3 is 21.1 Å². The number of methoxy groups -OCH3 is 1. The van der Waals surface area contributed by atoms with Gasteiger partial charge in [0.2, 0.25) is 0 Å². The fourth-order valence-electron chi connectivity index (χ4n) is 4.28. The standard InChI is InChI=1S/C32H30N6O3S/c1-19(2)25-15-14-24-29(36-25)34-18-35-30(24)37-26-17-21(9-16-27(26)42-23-12-10-22(33)11-13-23)31(39)38-28(32(40)41-3)20-7-5-4-6-8-20/h4-19,28H,33H2,1-3H3,(H,38,39)(H,34,35,36,37)/t28-/m1/s1. The number of carbonyl (C=O) groups is 2. The maximum absolute atomic E-state index is 13.5. The van der Waals surface area contributed by atoms with Gasteiger partial charge in [-0.25, -0.2) is 19.7 Å². The summed E-state index contributed by atoms with van der Waals surface area (Å²) in [5, 5.41) is 6.96. The van der Waals surface area contributed by atoms with Gasteiger partial charge in [-0.05, 0) is 66.1 Å². The van der Waals surface area contributed by atoms with E-state index in [2.05, 4.69) is 34.4 Å². The number of benzene rings is 3. The molecule has 1 atom stereocenters. The number of amides is 1. The lowest BCUT2D eigenvalue weighted by molar-refractivity contribution is -0.143. The van der Waals surface area contributed by atoms with Crippen LogP contribution in [0.15, 0.2) is 101 Å². The summed E-state index contributed by atoms with van der Waals surface area (Å²) in [5.74, 6) is -0.193. The van der Waals surface area contributed by atoms with Crippen molar-refractivity contribution in [1.29, 1.82) is 0 Å². The topological polar surface area (TPSA) is 132 Å². The van der Waals surface area contributed by atoms with E-state index in [1.54, 1.807) is 36.4 Å². The Bertz CT molecular complexity index is 1730. The number of pyridine rings is 1. The minimum Gasteiger partial charge on any atom is -0.467 e. The third kappa shape index (κ3) is 6.50. The fourth-order valence-corrected chi connectivity index (χ4v) is 5.16. The summed E-state index contributed by atoms with van der Waals surface area (Å²) in [5.41, 5.74) is 9.67. The van der Waals surface area contributed by atoms with Crippen molar-refractivity contribution < 1.29 is 14.3 Å². The lowest BCUT2D eigenvalue weighted by Gasteiger charge is -2.18.